The summed E-state index contributed by atoms with van der Waals surface area (Å²) in [6.07, 6.45) is 5.59. The number of hydrogen-bond donors (Lipinski definition) is 1. The number of nitrogens with one attached hydrogen (secondary N) is 1. The Morgan fingerprint density at radius 1 is 1.06 bits per heavy atom. The monoisotopic (exact) mass is 468 g/mol. The van der Waals surface area contributed by atoms with Crippen LogP contribution in [0.2, 0.25) is 0 Å². The molecule has 0 radical (unpaired) electrons. The highest BCUT2D eigenvalue weighted by atomic mass is 32.2. The summed E-state index contributed by atoms with van der Waals surface area (Å²) in [5.41, 5.74) is 3.49. The van der Waals surface area contributed by atoms with Crippen LogP contribution in [0.1, 0.15) is 18.5 Å². The standard InChI is InChI=1S/C23H25FN6O2S/c1-15-12-20(27-33(31,32)21-8-11-29(3)26-21)22-18(14-28(2)23(22)25-15)17-13-16(6-7-19(17)24)30-9-4-5-10-30/h6-8,11-14H,4-5,9-10H2,1-3H3,(H,25,27). The summed E-state index contributed by atoms with van der Waals surface area (Å²) in [7, 11) is -0.474. The Morgan fingerprint density at radius 3 is 2.52 bits per heavy atom. The minimum atomic E-state index is -3.94. The molecule has 1 aromatic carbocycles. The van der Waals surface area contributed by atoms with Crippen molar-refractivity contribution in [2.75, 3.05) is 22.7 Å². The molecule has 33 heavy (non-hydrogen) atoms. The molecule has 1 aliphatic heterocycles. The van der Waals surface area contributed by atoms with Crippen molar-refractivity contribution in [1.29, 1.82) is 0 Å². The largest absolute Gasteiger partial charge is 0.372 e. The number of nitrogens with zero attached hydrogens (tertiary/aromatic N) is 5. The first-order valence-corrected chi connectivity index (χ1v) is 12.3. The van der Waals surface area contributed by atoms with Crippen LogP contribution >= 0.6 is 0 Å². The summed E-state index contributed by atoms with van der Waals surface area (Å²) < 4.78 is 47.0. The van der Waals surface area contributed by atoms with Gasteiger partial charge in [0.05, 0.1) is 11.1 Å². The molecule has 0 amide bonds. The Morgan fingerprint density at radius 2 is 1.82 bits per heavy atom. The summed E-state index contributed by atoms with van der Waals surface area (Å²) in [5.74, 6) is -0.371. The second-order valence-electron chi connectivity index (χ2n) is 8.45. The Hall–Kier alpha value is -3.40. The maximum absolute atomic E-state index is 15.1. The molecular weight excluding hydrogens is 443 g/mol. The van der Waals surface area contributed by atoms with Crippen LogP contribution in [0.4, 0.5) is 15.8 Å². The third kappa shape index (κ3) is 3.84. The molecule has 0 atom stereocenters. The average Bonchev–Trinajstić information content (AvgIpc) is 3.50. The molecule has 5 rings (SSSR count). The fourth-order valence-electron chi connectivity index (χ4n) is 4.41. The Kier molecular flexibility index (Phi) is 5.12. The summed E-state index contributed by atoms with van der Waals surface area (Å²) >= 11 is 0. The minimum absolute atomic E-state index is 0.0905. The number of aromatic nitrogens is 4. The molecule has 0 aliphatic carbocycles. The van der Waals surface area contributed by atoms with Crippen LogP contribution in [-0.4, -0.2) is 40.8 Å². The molecule has 0 saturated carbocycles. The SMILES string of the molecule is Cc1cc(NS(=O)(=O)c2ccn(C)n2)c2c(-c3cc(N4CCCC4)ccc3F)cn(C)c2n1. The molecule has 1 aliphatic rings. The van der Waals surface area contributed by atoms with Gasteiger partial charge in [-0.15, -0.1) is 0 Å². The van der Waals surface area contributed by atoms with Crippen molar-refractivity contribution in [3.63, 3.8) is 0 Å². The molecule has 0 spiro atoms. The van der Waals surface area contributed by atoms with Gasteiger partial charge in [0, 0.05) is 62.1 Å². The van der Waals surface area contributed by atoms with Crippen LogP contribution in [0.15, 0.2) is 47.8 Å². The Labute approximate surface area is 191 Å². The summed E-state index contributed by atoms with van der Waals surface area (Å²) in [6.45, 7) is 3.67. The van der Waals surface area contributed by atoms with Gasteiger partial charge in [-0.05, 0) is 50.1 Å². The minimum Gasteiger partial charge on any atom is -0.372 e. The number of sulfonamides is 1. The number of aryl methyl sites for hydroxylation is 3. The highest BCUT2D eigenvalue weighted by molar-refractivity contribution is 7.92. The molecule has 1 saturated heterocycles. The first-order chi connectivity index (χ1) is 15.7. The van der Waals surface area contributed by atoms with E-state index < -0.39 is 10.0 Å². The molecule has 1 N–H and O–H groups in total. The molecule has 0 bridgehead atoms. The van der Waals surface area contributed by atoms with Gasteiger partial charge in [0.25, 0.3) is 10.0 Å². The second-order valence-corrected chi connectivity index (χ2v) is 10.1. The van der Waals surface area contributed by atoms with Crippen molar-refractivity contribution >= 4 is 32.4 Å². The van der Waals surface area contributed by atoms with Crippen LogP contribution in [0, 0.1) is 12.7 Å². The van der Waals surface area contributed by atoms with Gasteiger partial charge in [0.1, 0.15) is 11.5 Å². The quantitative estimate of drug-likeness (QED) is 0.481. The van der Waals surface area contributed by atoms with E-state index in [9.17, 15) is 8.42 Å². The van der Waals surface area contributed by atoms with E-state index in [1.54, 1.807) is 43.1 Å². The number of anilines is 2. The fourth-order valence-corrected chi connectivity index (χ4v) is 5.44. The topological polar surface area (TPSA) is 85.0 Å². The van der Waals surface area contributed by atoms with E-state index in [1.165, 1.54) is 16.8 Å². The van der Waals surface area contributed by atoms with Gasteiger partial charge >= 0.3 is 0 Å². The first kappa shape index (κ1) is 21.4. The lowest BCUT2D eigenvalue weighted by molar-refractivity contribution is 0.593. The molecule has 8 nitrogen and oxygen atoms in total. The van der Waals surface area contributed by atoms with Crippen LogP contribution in [0.5, 0.6) is 0 Å². The molecule has 10 heteroatoms. The Bertz CT molecular complexity index is 1470. The van der Waals surface area contributed by atoms with Crippen molar-refractivity contribution in [2.24, 2.45) is 14.1 Å². The van der Waals surface area contributed by atoms with Crippen molar-refractivity contribution in [1.82, 2.24) is 19.3 Å². The number of fused-ring (bicyclic) bond motifs is 1. The molecular formula is C23H25FN6O2S. The Balaban J connectivity index is 1.68. The zero-order valence-electron chi connectivity index (χ0n) is 18.7. The molecule has 1 fully saturated rings. The van der Waals surface area contributed by atoms with Gasteiger partial charge in [-0.1, -0.05) is 0 Å². The lowest BCUT2D eigenvalue weighted by atomic mass is 10.0. The molecule has 172 valence electrons. The predicted octanol–water partition coefficient (Wildman–Crippen LogP) is 3.82. The normalized spacial score (nSPS) is 14.4. The van der Waals surface area contributed by atoms with Crippen molar-refractivity contribution in [2.45, 2.75) is 24.8 Å². The van der Waals surface area contributed by atoms with Crippen LogP contribution < -0.4 is 9.62 Å². The maximum atomic E-state index is 15.1. The van der Waals surface area contributed by atoms with E-state index in [1.807, 2.05) is 13.1 Å². The molecule has 4 heterocycles. The third-order valence-corrected chi connectivity index (χ3v) is 7.23. The van der Waals surface area contributed by atoms with Crippen LogP contribution in [0.25, 0.3) is 22.2 Å². The zero-order chi connectivity index (χ0) is 23.3. The average molecular weight is 469 g/mol. The molecule has 4 aromatic rings. The van der Waals surface area contributed by atoms with Gasteiger partial charge in [-0.3, -0.25) is 9.40 Å². The van der Waals surface area contributed by atoms with Crippen molar-refractivity contribution < 1.29 is 12.8 Å². The van der Waals surface area contributed by atoms with Crippen molar-refractivity contribution in [3.05, 3.63) is 54.2 Å². The number of hydrogen-bond acceptors (Lipinski definition) is 5. The smallest absolute Gasteiger partial charge is 0.281 e. The predicted molar refractivity (Wildman–Crippen MR) is 126 cm³/mol. The number of rotatable bonds is 5. The molecule has 0 unspecified atom stereocenters. The first-order valence-electron chi connectivity index (χ1n) is 10.8. The van der Waals surface area contributed by atoms with Crippen molar-refractivity contribution in [3.8, 4) is 11.1 Å². The lowest BCUT2D eigenvalue weighted by Gasteiger charge is -2.19. The third-order valence-electron chi connectivity index (χ3n) is 5.97. The molecule has 3 aromatic heterocycles. The van der Waals surface area contributed by atoms with Gasteiger partial charge in [0.15, 0.2) is 5.03 Å². The number of benzene rings is 1. The van der Waals surface area contributed by atoms with Gasteiger partial charge in [0.2, 0.25) is 0 Å². The van der Waals surface area contributed by atoms with Gasteiger partial charge < -0.3 is 9.47 Å². The van der Waals surface area contributed by atoms with E-state index in [2.05, 4.69) is 19.7 Å². The van der Waals surface area contributed by atoms with Crippen LogP contribution in [-0.2, 0) is 24.1 Å². The number of halogens is 1. The number of pyridine rings is 1. The second kappa shape index (κ2) is 7.87. The lowest BCUT2D eigenvalue weighted by Crippen LogP contribution is -2.17. The van der Waals surface area contributed by atoms with E-state index >= 15 is 4.39 Å². The summed E-state index contributed by atoms with van der Waals surface area (Å²) in [4.78, 5) is 6.83. The zero-order valence-corrected chi connectivity index (χ0v) is 19.5. The maximum Gasteiger partial charge on any atom is 0.281 e. The summed E-state index contributed by atoms with van der Waals surface area (Å²) in [5, 5.41) is 4.47. The van der Waals surface area contributed by atoms with E-state index in [4.69, 9.17) is 0 Å². The highest BCUT2D eigenvalue weighted by Gasteiger charge is 2.24. The van der Waals surface area contributed by atoms with E-state index in [0.717, 1.165) is 31.6 Å². The summed E-state index contributed by atoms with van der Waals surface area (Å²) in [6, 6.07) is 8.20. The highest BCUT2D eigenvalue weighted by Crippen LogP contribution is 2.38. The van der Waals surface area contributed by atoms with Gasteiger partial charge in [-0.2, -0.15) is 13.5 Å². The van der Waals surface area contributed by atoms with E-state index in [0.29, 0.717) is 33.5 Å². The fraction of sp³-hybridized carbons (Fsp3) is 0.304. The van der Waals surface area contributed by atoms with E-state index in [-0.39, 0.29) is 10.8 Å². The van der Waals surface area contributed by atoms with Crippen LogP contribution in [0.3, 0.4) is 0 Å². The van der Waals surface area contributed by atoms with Gasteiger partial charge in [-0.25, -0.2) is 9.37 Å².